The largest absolute Gasteiger partial charge is 0.490 e. The van der Waals surface area contributed by atoms with Crippen LogP contribution in [0.3, 0.4) is 0 Å². The lowest BCUT2D eigenvalue weighted by atomic mass is 10.3. The quantitative estimate of drug-likeness (QED) is 0.649. The van der Waals surface area contributed by atoms with Crippen LogP contribution in [0.2, 0.25) is 0 Å². The van der Waals surface area contributed by atoms with Gasteiger partial charge in [0.1, 0.15) is 5.82 Å². The first kappa shape index (κ1) is 13.1. The summed E-state index contributed by atoms with van der Waals surface area (Å²) < 4.78 is 31.7. The summed E-state index contributed by atoms with van der Waals surface area (Å²) in [5.74, 6) is -1.33. The lowest BCUT2D eigenvalue weighted by Crippen LogP contribution is -2.22. The van der Waals surface area contributed by atoms with Crippen LogP contribution in [0.5, 0.6) is 5.75 Å². The zero-order valence-electron chi connectivity index (χ0n) is 10.3. The summed E-state index contributed by atoms with van der Waals surface area (Å²) in [4.78, 5) is 2.35. The van der Waals surface area contributed by atoms with Crippen molar-refractivity contribution in [1.29, 1.82) is 0 Å². The van der Waals surface area contributed by atoms with E-state index in [4.69, 9.17) is 10.5 Å². The Bertz CT molecular complexity index is 406. The van der Waals surface area contributed by atoms with E-state index in [9.17, 15) is 8.78 Å². The van der Waals surface area contributed by atoms with Crippen LogP contribution in [0.1, 0.15) is 19.3 Å². The van der Waals surface area contributed by atoms with Gasteiger partial charge in [0.2, 0.25) is 0 Å². The molecule has 3 nitrogen and oxygen atoms in total. The monoisotopic (exact) mass is 256 g/mol. The highest BCUT2D eigenvalue weighted by Gasteiger charge is 2.11. The van der Waals surface area contributed by atoms with Crippen LogP contribution in [-0.2, 0) is 0 Å². The van der Waals surface area contributed by atoms with E-state index in [-0.39, 0.29) is 11.4 Å². The highest BCUT2D eigenvalue weighted by atomic mass is 19.1. The number of nitrogens with two attached hydrogens (primary N) is 1. The van der Waals surface area contributed by atoms with Crippen LogP contribution in [0.25, 0.3) is 0 Å². The number of halogens is 2. The van der Waals surface area contributed by atoms with Crippen molar-refractivity contribution in [2.24, 2.45) is 0 Å². The van der Waals surface area contributed by atoms with Gasteiger partial charge in [0.05, 0.1) is 12.3 Å². The van der Waals surface area contributed by atoms with E-state index in [2.05, 4.69) is 4.90 Å². The summed E-state index contributed by atoms with van der Waals surface area (Å²) in [7, 11) is 0. The number of nitrogen functional groups attached to an aromatic ring is 1. The maximum Gasteiger partial charge on any atom is 0.167 e. The lowest BCUT2D eigenvalue weighted by molar-refractivity contribution is 0.255. The second-order valence-corrected chi connectivity index (χ2v) is 4.55. The Balaban J connectivity index is 1.77. The van der Waals surface area contributed by atoms with Gasteiger partial charge >= 0.3 is 0 Å². The number of hydrogen-bond acceptors (Lipinski definition) is 3. The van der Waals surface area contributed by atoms with Crippen molar-refractivity contribution in [3.05, 3.63) is 23.8 Å². The summed E-state index contributed by atoms with van der Waals surface area (Å²) in [5.41, 5.74) is 5.05. The molecule has 0 unspecified atom stereocenters. The summed E-state index contributed by atoms with van der Waals surface area (Å²) in [6.07, 6.45) is 3.31. The number of hydrogen-bond donors (Lipinski definition) is 1. The Morgan fingerprint density at radius 1 is 1.17 bits per heavy atom. The highest BCUT2D eigenvalue weighted by molar-refractivity contribution is 5.44. The van der Waals surface area contributed by atoms with Crippen molar-refractivity contribution in [3.8, 4) is 5.75 Å². The predicted octanol–water partition coefficient (Wildman–Crippen LogP) is 2.41. The zero-order chi connectivity index (χ0) is 13.0. The van der Waals surface area contributed by atoms with E-state index in [1.54, 1.807) is 0 Å². The van der Waals surface area contributed by atoms with Crippen molar-refractivity contribution >= 4 is 5.69 Å². The van der Waals surface area contributed by atoms with E-state index in [0.29, 0.717) is 6.61 Å². The van der Waals surface area contributed by atoms with Crippen molar-refractivity contribution < 1.29 is 13.5 Å². The molecule has 0 saturated carbocycles. The third-order valence-corrected chi connectivity index (χ3v) is 3.13. The predicted molar refractivity (Wildman–Crippen MR) is 66.6 cm³/mol. The first-order valence-electron chi connectivity index (χ1n) is 6.26. The van der Waals surface area contributed by atoms with Gasteiger partial charge in [0, 0.05) is 18.7 Å². The molecule has 2 rings (SSSR count). The standard InChI is InChI=1S/C13H18F2N2O/c14-10-9-13(11(15)8-12(10)16)18-7-3-6-17-4-1-2-5-17/h8-9H,1-7,16H2. The number of benzene rings is 1. The van der Waals surface area contributed by atoms with Gasteiger partial charge in [-0.3, -0.25) is 0 Å². The average Bonchev–Trinajstić information content (AvgIpc) is 2.84. The fraction of sp³-hybridized carbons (Fsp3) is 0.538. The zero-order valence-corrected chi connectivity index (χ0v) is 10.3. The third kappa shape index (κ3) is 3.32. The second kappa shape index (κ2) is 6.00. The normalized spacial score (nSPS) is 16.1. The topological polar surface area (TPSA) is 38.5 Å². The molecule has 1 aromatic rings. The minimum atomic E-state index is -0.647. The molecule has 1 aliphatic heterocycles. The van der Waals surface area contributed by atoms with Gasteiger partial charge < -0.3 is 15.4 Å². The molecule has 1 aromatic carbocycles. The van der Waals surface area contributed by atoms with Gasteiger partial charge in [-0.25, -0.2) is 8.78 Å². The van der Waals surface area contributed by atoms with Crippen LogP contribution < -0.4 is 10.5 Å². The smallest absolute Gasteiger partial charge is 0.167 e. The number of anilines is 1. The molecule has 0 bridgehead atoms. The minimum Gasteiger partial charge on any atom is -0.490 e. The average molecular weight is 256 g/mol. The molecule has 0 aliphatic carbocycles. The third-order valence-electron chi connectivity index (χ3n) is 3.13. The molecule has 1 heterocycles. The first-order chi connectivity index (χ1) is 8.66. The fourth-order valence-corrected chi connectivity index (χ4v) is 2.13. The van der Waals surface area contributed by atoms with Crippen molar-refractivity contribution in [1.82, 2.24) is 4.90 Å². The number of ether oxygens (including phenoxy) is 1. The summed E-state index contributed by atoms with van der Waals surface area (Å²) >= 11 is 0. The highest BCUT2D eigenvalue weighted by Crippen LogP contribution is 2.23. The Hall–Kier alpha value is -1.36. The van der Waals surface area contributed by atoms with Gasteiger partial charge in [-0.15, -0.1) is 0 Å². The van der Waals surface area contributed by atoms with E-state index in [1.165, 1.54) is 12.8 Å². The van der Waals surface area contributed by atoms with E-state index >= 15 is 0 Å². The molecular weight excluding hydrogens is 238 g/mol. The second-order valence-electron chi connectivity index (χ2n) is 4.55. The summed E-state index contributed by atoms with van der Waals surface area (Å²) in [6.45, 7) is 3.59. The van der Waals surface area contributed by atoms with Gasteiger partial charge in [0.25, 0.3) is 0 Å². The Labute approximate surface area is 106 Å². The summed E-state index contributed by atoms with van der Waals surface area (Å²) in [5, 5.41) is 0. The van der Waals surface area contributed by atoms with Crippen LogP contribution in [0.15, 0.2) is 12.1 Å². The first-order valence-corrected chi connectivity index (χ1v) is 6.26. The molecule has 0 spiro atoms. The maximum atomic E-state index is 13.4. The molecule has 0 radical (unpaired) electrons. The van der Waals surface area contributed by atoms with Crippen LogP contribution in [0, 0.1) is 11.6 Å². The van der Waals surface area contributed by atoms with E-state index in [0.717, 1.165) is 38.2 Å². The SMILES string of the molecule is Nc1cc(F)c(OCCCN2CCCC2)cc1F. The van der Waals surface area contributed by atoms with Crippen LogP contribution in [0.4, 0.5) is 14.5 Å². The molecule has 0 amide bonds. The molecule has 18 heavy (non-hydrogen) atoms. The Kier molecular flexibility index (Phi) is 4.36. The molecule has 2 N–H and O–H groups in total. The molecule has 1 aliphatic rings. The molecule has 0 aromatic heterocycles. The lowest BCUT2D eigenvalue weighted by Gasteiger charge is -2.14. The van der Waals surface area contributed by atoms with Crippen molar-refractivity contribution in [2.75, 3.05) is 32.0 Å². The minimum absolute atomic E-state index is 0.0666. The molecular formula is C13H18F2N2O. The number of likely N-dealkylation sites (tertiary alicyclic amines) is 1. The van der Waals surface area contributed by atoms with Gasteiger partial charge in [-0.1, -0.05) is 0 Å². The van der Waals surface area contributed by atoms with Crippen molar-refractivity contribution in [2.45, 2.75) is 19.3 Å². The fourth-order valence-electron chi connectivity index (χ4n) is 2.13. The molecule has 0 atom stereocenters. The molecule has 1 fully saturated rings. The van der Waals surface area contributed by atoms with Gasteiger partial charge in [0.15, 0.2) is 11.6 Å². The Morgan fingerprint density at radius 3 is 2.61 bits per heavy atom. The van der Waals surface area contributed by atoms with E-state index < -0.39 is 11.6 Å². The van der Waals surface area contributed by atoms with Crippen LogP contribution in [-0.4, -0.2) is 31.1 Å². The number of rotatable bonds is 5. The van der Waals surface area contributed by atoms with E-state index in [1.807, 2.05) is 0 Å². The van der Waals surface area contributed by atoms with Gasteiger partial charge in [-0.05, 0) is 32.4 Å². The van der Waals surface area contributed by atoms with Gasteiger partial charge in [-0.2, -0.15) is 0 Å². The number of nitrogens with zero attached hydrogens (tertiary/aromatic N) is 1. The molecule has 1 saturated heterocycles. The maximum absolute atomic E-state index is 13.4. The molecule has 100 valence electrons. The molecule has 5 heteroatoms. The van der Waals surface area contributed by atoms with Crippen LogP contribution >= 0.6 is 0 Å². The summed E-state index contributed by atoms with van der Waals surface area (Å²) in [6, 6.07) is 1.95. The van der Waals surface area contributed by atoms with Crippen molar-refractivity contribution in [3.63, 3.8) is 0 Å². The Morgan fingerprint density at radius 2 is 1.89 bits per heavy atom.